The van der Waals surface area contributed by atoms with Crippen LogP contribution >= 0.6 is 7.60 Å². The van der Waals surface area contributed by atoms with Gasteiger partial charge in [-0.05, 0) is 18.2 Å². The lowest BCUT2D eigenvalue weighted by Gasteiger charge is -2.16. The van der Waals surface area contributed by atoms with Crippen molar-refractivity contribution in [3.8, 4) is 0 Å². The highest BCUT2D eigenvalue weighted by Crippen LogP contribution is 2.50. The minimum atomic E-state index is -4.01. The third-order valence-corrected chi connectivity index (χ3v) is 5.59. The highest BCUT2D eigenvalue weighted by Gasteiger charge is 2.32. The number of rotatable bonds is 9. The fourth-order valence-electron chi connectivity index (χ4n) is 2.26. The monoisotopic (exact) mass is 439 g/mol. The normalized spacial score (nSPS) is 11.7. The molecule has 0 spiro atoms. The van der Waals surface area contributed by atoms with Crippen LogP contribution in [0.1, 0.15) is 5.56 Å². The van der Waals surface area contributed by atoms with Crippen LogP contribution in [0.15, 0.2) is 47.6 Å². The van der Waals surface area contributed by atoms with Crippen molar-refractivity contribution in [1.29, 1.82) is 0 Å². The predicted molar refractivity (Wildman–Crippen MR) is 105 cm³/mol. The van der Waals surface area contributed by atoms with Crippen LogP contribution in [-0.2, 0) is 13.6 Å². The van der Waals surface area contributed by atoms with Gasteiger partial charge < -0.3 is 9.05 Å². The molecule has 2 aromatic carbocycles. The van der Waals surface area contributed by atoms with Crippen LogP contribution in [0.3, 0.4) is 0 Å². The van der Waals surface area contributed by atoms with E-state index in [9.17, 15) is 34.9 Å². The number of anilines is 1. The van der Waals surface area contributed by atoms with Crippen molar-refractivity contribution in [2.75, 3.05) is 19.6 Å². The van der Waals surface area contributed by atoms with Crippen LogP contribution in [0, 0.1) is 30.3 Å². The Labute approximate surface area is 168 Å². The topological polar surface area (TPSA) is 189 Å². The molecule has 0 aromatic heterocycles. The lowest BCUT2D eigenvalue weighted by molar-refractivity contribution is -0.393. The van der Waals surface area contributed by atoms with Crippen molar-refractivity contribution in [3.05, 3.63) is 78.4 Å². The number of hydrazone groups is 1. The van der Waals surface area contributed by atoms with Crippen LogP contribution in [0.25, 0.3) is 0 Å². The van der Waals surface area contributed by atoms with E-state index in [1.807, 2.05) is 0 Å². The SMILES string of the molecule is COP(=O)(OC)/C(=N\Nc1ccc([N+](=O)[O-])cc1[N+](=O)[O-])c1ccc([N+](=O)[O-])cc1. The van der Waals surface area contributed by atoms with Gasteiger partial charge in [0, 0.05) is 38.0 Å². The van der Waals surface area contributed by atoms with Gasteiger partial charge in [-0.15, -0.1) is 0 Å². The number of hydrogen-bond donors (Lipinski definition) is 1. The molecular weight excluding hydrogens is 425 g/mol. The molecule has 0 aliphatic rings. The Morgan fingerprint density at radius 2 is 1.43 bits per heavy atom. The molecule has 158 valence electrons. The summed E-state index contributed by atoms with van der Waals surface area (Å²) in [5.41, 5.74) is 0.493. The van der Waals surface area contributed by atoms with Gasteiger partial charge in [0.1, 0.15) is 5.69 Å². The fraction of sp³-hybridized carbons (Fsp3) is 0.133. The Balaban J connectivity index is 2.55. The zero-order chi connectivity index (χ0) is 22.5. The van der Waals surface area contributed by atoms with Crippen molar-refractivity contribution in [2.24, 2.45) is 5.10 Å². The number of hydrogen-bond acceptors (Lipinski definition) is 11. The van der Waals surface area contributed by atoms with Gasteiger partial charge in [-0.3, -0.25) is 40.3 Å². The number of nitro groups is 3. The molecule has 0 heterocycles. The summed E-state index contributed by atoms with van der Waals surface area (Å²) in [7, 11) is -1.85. The zero-order valence-corrected chi connectivity index (χ0v) is 16.3. The van der Waals surface area contributed by atoms with E-state index < -0.39 is 33.7 Å². The third kappa shape index (κ3) is 4.81. The Kier molecular flexibility index (Phi) is 6.89. The molecule has 0 amide bonds. The standard InChI is InChI=1S/C15H14N5O9P/c1-28-30(27,29-2)15(10-3-5-11(6-4-10)18(21)22)17-16-13-8-7-12(19(23)24)9-14(13)20(25)26/h3-9,16H,1-2H3/b17-15-. The minimum absolute atomic E-state index is 0.115. The summed E-state index contributed by atoms with van der Waals surface area (Å²) in [5, 5.41) is 36.8. The summed E-state index contributed by atoms with van der Waals surface area (Å²) in [6.45, 7) is 0. The molecule has 15 heteroatoms. The van der Waals surface area contributed by atoms with Gasteiger partial charge in [-0.1, -0.05) is 0 Å². The Morgan fingerprint density at radius 3 is 1.90 bits per heavy atom. The number of nitrogens with one attached hydrogen (secondary N) is 1. The van der Waals surface area contributed by atoms with E-state index in [2.05, 4.69) is 10.5 Å². The van der Waals surface area contributed by atoms with Crippen molar-refractivity contribution in [3.63, 3.8) is 0 Å². The molecule has 1 N–H and O–H groups in total. The molecule has 0 radical (unpaired) electrons. The van der Waals surface area contributed by atoms with Crippen molar-refractivity contribution >= 4 is 35.8 Å². The first-order valence-corrected chi connectivity index (χ1v) is 9.40. The van der Waals surface area contributed by atoms with Crippen molar-refractivity contribution < 1.29 is 28.4 Å². The minimum Gasteiger partial charge on any atom is -0.307 e. The summed E-state index contributed by atoms with van der Waals surface area (Å²) >= 11 is 0. The number of nitrogens with zero attached hydrogens (tertiary/aromatic N) is 4. The van der Waals surface area contributed by atoms with E-state index in [1.54, 1.807) is 0 Å². The predicted octanol–water partition coefficient (Wildman–Crippen LogP) is 3.67. The van der Waals surface area contributed by atoms with E-state index in [0.29, 0.717) is 0 Å². The average Bonchev–Trinajstić information content (AvgIpc) is 2.73. The van der Waals surface area contributed by atoms with Crippen molar-refractivity contribution in [2.45, 2.75) is 0 Å². The summed E-state index contributed by atoms with van der Waals surface area (Å²) < 4.78 is 22.7. The van der Waals surface area contributed by atoms with Gasteiger partial charge in [0.15, 0.2) is 5.45 Å². The summed E-state index contributed by atoms with van der Waals surface area (Å²) in [5.74, 6) is 0. The summed E-state index contributed by atoms with van der Waals surface area (Å²) in [6, 6.07) is 7.56. The van der Waals surface area contributed by atoms with Crippen LogP contribution in [0.4, 0.5) is 22.7 Å². The third-order valence-electron chi connectivity index (χ3n) is 3.75. The molecule has 0 aliphatic carbocycles. The summed E-state index contributed by atoms with van der Waals surface area (Å²) in [4.78, 5) is 30.6. The van der Waals surface area contributed by atoms with Gasteiger partial charge in [-0.25, -0.2) is 0 Å². The Bertz CT molecular complexity index is 1060. The molecule has 30 heavy (non-hydrogen) atoms. The van der Waals surface area contributed by atoms with Gasteiger partial charge in [-0.2, -0.15) is 5.10 Å². The van der Waals surface area contributed by atoms with Crippen LogP contribution < -0.4 is 5.43 Å². The fourth-order valence-corrected chi connectivity index (χ4v) is 3.39. The Morgan fingerprint density at radius 1 is 0.900 bits per heavy atom. The molecule has 0 saturated heterocycles. The highest BCUT2D eigenvalue weighted by molar-refractivity contribution is 7.73. The van der Waals surface area contributed by atoms with E-state index in [4.69, 9.17) is 9.05 Å². The number of nitro benzene ring substituents is 3. The number of benzene rings is 2. The van der Waals surface area contributed by atoms with E-state index >= 15 is 0 Å². The first-order chi connectivity index (χ1) is 14.1. The molecule has 2 aromatic rings. The first-order valence-electron chi connectivity index (χ1n) is 7.86. The van der Waals surface area contributed by atoms with Gasteiger partial charge in [0.2, 0.25) is 0 Å². The first kappa shape index (κ1) is 22.5. The average molecular weight is 439 g/mol. The molecule has 0 fully saturated rings. The van der Waals surface area contributed by atoms with Crippen LogP contribution in [-0.4, -0.2) is 34.4 Å². The lowest BCUT2D eigenvalue weighted by Crippen LogP contribution is -2.09. The molecule has 2 rings (SSSR count). The molecule has 0 saturated carbocycles. The second-order valence-corrected chi connectivity index (χ2v) is 7.58. The van der Waals surface area contributed by atoms with Crippen LogP contribution in [0.2, 0.25) is 0 Å². The van der Waals surface area contributed by atoms with E-state index in [0.717, 1.165) is 44.6 Å². The van der Waals surface area contributed by atoms with Gasteiger partial charge in [0.25, 0.3) is 11.4 Å². The van der Waals surface area contributed by atoms with E-state index in [-0.39, 0.29) is 22.4 Å². The summed E-state index contributed by atoms with van der Waals surface area (Å²) in [6.07, 6.45) is 0. The largest absolute Gasteiger partial charge is 0.381 e. The maximum atomic E-state index is 12.9. The molecule has 0 bridgehead atoms. The highest BCUT2D eigenvalue weighted by atomic mass is 31.2. The zero-order valence-electron chi connectivity index (χ0n) is 15.5. The number of non-ortho nitro benzene ring substituents is 2. The quantitative estimate of drug-likeness (QED) is 0.261. The van der Waals surface area contributed by atoms with Crippen LogP contribution in [0.5, 0.6) is 0 Å². The van der Waals surface area contributed by atoms with E-state index in [1.165, 1.54) is 12.1 Å². The second kappa shape index (κ2) is 9.17. The smallest absolute Gasteiger partial charge is 0.307 e. The molecular formula is C15H14N5O9P. The molecule has 0 atom stereocenters. The second-order valence-electron chi connectivity index (χ2n) is 5.43. The van der Waals surface area contributed by atoms with Crippen molar-refractivity contribution in [1.82, 2.24) is 0 Å². The molecule has 0 unspecified atom stereocenters. The lowest BCUT2D eigenvalue weighted by atomic mass is 10.2. The molecule has 0 aliphatic heterocycles. The van der Waals surface area contributed by atoms with Gasteiger partial charge >= 0.3 is 13.3 Å². The maximum absolute atomic E-state index is 12.9. The van der Waals surface area contributed by atoms with Gasteiger partial charge in [0.05, 0.1) is 20.8 Å². The Hall–Kier alpha value is -3.74. The maximum Gasteiger partial charge on any atom is 0.381 e. The molecule has 14 nitrogen and oxygen atoms in total.